The maximum atomic E-state index is 13.0. The molecule has 0 heterocycles. The van der Waals surface area contributed by atoms with Gasteiger partial charge in [-0.25, -0.2) is 0 Å². The number of aryl methyl sites for hydroxylation is 1. The Kier molecular flexibility index (Phi) is 15.0. The van der Waals surface area contributed by atoms with Crippen molar-refractivity contribution in [3.8, 4) is 5.75 Å². The van der Waals surface area contributed by atoms with Crippen LogP contribution in [0, 0.1) is 30.6 Å². The second-order valence-electron chi connectivity index (χ2n) is 15.5. The van der Waals surface area contributed by atoms with Gasteiger partial charge in [0.25, 0.3) is 0 Å². The molecule has 57 heavy (non-hydrogen) atoms. The van der Waals surface area contributed by atoms with Gasteiger partial charge in [-0.2, -0.15) is 30.7 Å². The van der Waals surface area contributed by atoms with Crippen molar-refractivity contribution in [2.24, 2.45) is 54.4 Å². The molecule has 2 saturated carbocycles. The van der Waals surface area contributed by atoms with Crippen molar-refractivity contribution >= 4 is 51.6 Å². The Morgan fingerprint density at radius 1 is 0.579 bits per heavy atom. The molecule has 0 radical (unpaired) electrons. The molecule has 0 spiro atoms. The van der Waals surface area contributed by atoms with Crippen molar-refractivity contribution in [2.75, 3.05) is 18.0 Å². The average molecular weight is 768 g/mol. The monoisotopic (exact) mass is 767 g/mol. The van der Waals surface area contributed by atoms with E-state index in [1.165, 1.54) is 5.69 Å². The summed E-state index contributed by atoms with van der Waals surface area (Å²) in [5.41, 5.74) is 6.47. The van der Waals surface area contributed by atoms with Gasteiger partial charge in [0.05, 0.1) is 40.0 Å². The molecule has 0 bridgehead atoms. The van der Waals surface area contributed by atoms with E-state index >= 15 is 0 Å². The Bertz CT molecular complexity index is 1990. The predicted octanol–water partition coefficient (Wildman–Crippen LogP) is 14.4. The lowest BCUT2D eigenvalue weighted by Gasteiger charge is -2.37. The third-order valence-electron chi connectivity index (χ3n) is 11.7. The second kappa shape index (κ2) is 20.7. The number of hydrogen-bond donors (Lipinski definition) is 0. The molecule has 0 atom stereocenters. The van der Waals surface area contributed by atoms with Gasteiger partial charge in [0.15, 0.2) is 0 Å². The Balaban J connectivity index is 0.925. The minimum Gasteiger partial charge on any atom is -0.426 e. The Morgan fingerprint density at radius 3 is 1.54 bits per heavy atom. The molecule has 0 saturated heterocycles. The van der Waals surface area contributed by atoms with E-state index < -0.39 is 0 Å². The van der Waals surface area contributed by atoms with Crippen molar-refractivity contribution < 1.29 is 14.3 Å². The molecule has 0 aromatic heterocycles. The van der Waals surface area contributed by atoms with E-state index in [0.29, 0.717) is 40.4 Å². The first-order valence-electron chi connectivity index (χ1n) is 21.0. The summed E-state index contributed by atoms with van der Waals surface area (Å²) in [5, 5.41) is 26.4. The summed E-state index contributed by atoms with van der Waals surface area (Å²) in [5.74, 6) is 2.43. The summed E-state index contributed by atoms with van der Waals surface area (Å²) >= 11 is 0. The topological polar surface area (TPSA) is 121 Å². The van der Waals surface area contributed by atoms with Gasteiger partial charge in [-0.05, 0) is 187 Å². The molecule has 298 valence electrons. The van der Waals surface area contributed by atoms with Gasteiger partial charge in [0.1, 0.15) is 11.5 Å². The van der Waals surface area contributed by atoms with E-state index in [-0.39, 0.29) is 17.8 Å². The number of hydrogen-bond acceptors (Lipinski definition) is 10. The zero-order chi connectivity index (χ0) is 40.0. The van der Waals surface area contributed by atoms with Crippen molar-refractivity contribution in [3.05, 3.63) is 96.6 Å². The van der Waals surface area contributed by atoms with Gasteiger partial charge < -0.3 is 9.64 Å². The Labute approximate surface area is 338 Å². The number of carbonyl (C=O) groups excluding carboxylic acids is 2. The Morgan fingerprint density at radius 2 is 1.04 bits per heavy atom. The average Bonchev–Trinajstić information content (AvgIpc) is 3.25. The molecule has 2 aliphatic carbocycles. The number of unbranched alkanes of at least 4 members (excludes halogenated alkanes) is 1. The van der Waals surface area contributed by atoms with Gasteiger partial charge in [-0.3, -0.25) is 9.59 Å². The molecule has 2 fully saturated rings. The van der Waals surface area contributed by atoms with Crippen LogP contribution in [0.25, 0.3) is 0 Å². The fourth-order valence-electron chi connectivity index (χ4n) is 8.14. The van der Waals surface area contributed by atoms with E-state index in [1.54, 1.807) is 24.3 Å². The largest absolute Gasteiger partial charge is 0.426 e. The first kappa shape index (κ1) is 41.3. The van der Waals surface area contributed by atoms with E-state index in [2.05, 4.69) is 68.5 Å². The number of azo groups is 3. The SMILES string of the molecule is CCCCC(=O)C1CCC(C2CCC(C(=O)Oc3ccc(N=Nc4ccc(N=Nc5ccc(N=Nc6ccc(N(CC)CC)cc6)cc5C)cc4)cc3)CC2)CC1. The molecule has 2 aliphatic rings. The lowest BCUT2D eigenvalue weighted by Crippen LogP contribution is -2.31. The molecule has 10 heteroatoms. The number of Topliss-reactive ketones (excluding diaryl/α,β-unsaturated/α-hetero) is 1. The quantitative estimate of drug-likeness (QED) is 0.0640. The molecule has 0 unspecified atom stereocenters. The molecule has 0 aliphatic heterocycles. The fraction of sp³-hybridized carbons (Fsp3) is 0.447. The van der Waals surface area contributed by atoms with E-state index in [0.717, 1.165) is 106 Å². The molecular formula is C47H57N7O3. The second-order valence-corrected chi connectivity index (χ2v) is 15.5. The normalized spacial score (nSPS) is 20.0. The highest BCUT2D eigenvalue weighted by molar-refractivity contribution is 5.81. The number of benzene rings is 4. The Hall–Kier alpha value is -5.38. The van der Waals surface area contributed by atoms with Crippen molar-refractivity contribution in [1.29, 1.82) is 0 Å². The summed E-state index contributed by atoms with van der Waals surface area (Å²) in [6, 6.07) is 28.3. The lowest BCUT2D eigenvalue weighted by atomic mass is 9.68. The van der Waals surface area contributed by atoms with Crippen LogP contribution in [-0.4, -0.2) is 24.8 Å². The molecule has 0 N–H and O–H groups in total. The minimum atomic E-state index is -0.146. The van der Waals surface area contributed by atoms with Crippen LogP contribution < -0.4 is 9.64 Å². The van der Waals surface area contributed by atoms with Gasteiger partial charge in [-0.15, -0.1) is 0 Å². The smallest absolute Gasteiger partial charge is 0.314 e. The highest BCUT2D eigenvalue weighted by Gasteiger charge is 2.34. The van der Waals surface area contributed by atoms with Crippen LogP contribution in [0.15, 0.2) is 122 Å². The van der Waals surface area contributed by atoms with Gasteiger partial charge in [0.2, 0.25) is 0 Å². The van der Waals surface area contributed by atoms with Crippen LogP contribution in [0.5, 0.6) is 5.75 Å². The summed E-state index contributed by atoms with van der Waals surface area (Å²) in [6.07, 6.45) is 11.1. The fourth-order valence-corrected chi connectivity index (χ4v) is 8.14. The first-order chi connectivity index (χ1) is 27.8. The maximum absolute atomic E-state index is 13.0. The summed E-state index contributed by atoms with van der Waals surface area (Å²) in [4.78, 5) is 27.8. The molecule has 10 nitrogen and oxygen atoms in total. The van der Waals surface area contributed by atoms with Crippen LogP contribution in [0.2, 0.25) is 0 Å². The van der Waals surface area contributed by atoms with E-state index in [9.17, 15) is 9.59 Å². The molecular weight excluding hydrogens is 711 g/mol. The number of rotatable bonds is 16. The van der Waals surface area contributed by atoms with Crippen LogP contribution in [-0.2, 0) is 9.59 Å². The third-order valence-corrected chi connectivity index (χ3v) is 11.7. The van der Waals surface area contributed by atoms with Crippen LogP contribution in [0.4, 0.5) is 39.8 Å². The molecule has 6 rings (SSSR count). The molecule has 4 aromatic rings. The van der Waals surface area contributed by atoms with Gasteiger partial charge in [0, 0.05) is 31.1 Å². The van der Waals surface area contributed by atoms with Crippen molar-refractivity contribution in [2.45, 2.75) is 98.3 Å². The summed E-state index contributed by atoms with van der Waals surface area (Å²) in [6.45, 7) is 10.3. The number of carbonyl (C=O) groups is 2. The standard InChI is InChI=1S/C47H57N7O3/c1-5-8-9-46(55)36-14-10-34(11-15-36)35-12-16-37(17-13-35)47(56)57-44-29-24-41(25-30-44)49-48-38-18-20-39(21-19-38)51-53-45-31-26-42(32-33(45)4)52-50-40-22-27-43(28-23-40)54(6-2)7-3/h18-32,34-37H,5-17H2,1-4H3. The van der Waals surface area contributed by atoms with Gasteiger partial charge >= 0.3 is 5.97 Å². The number of nitrogens with zero attached hydrogens (tertiary/aromatic N) is 7. The summed E-state index contributed by atoms with van der Waals surface area (Å²) < 4.78 is 5.77. The van der Waals surface area contributed by atoms with Crippen LogP contribution in [0.3, 0.4) is 0 Å². The number of ketones is 1. The minimum absolute atomic E-state index is 0.0609. The summed E-state index contributed by atoms with van der Waals surface area (Å²) in [7, 11) is 0. The van der Waals surface area contributed by atoms with Gasteiger partial charge in [-0.1, -0.05) is 13.3 Å². The highest BCUT2D eigenvalue weighted by atomic mass is 16.5. The zero-order valence-electron chi connectivity index (χ0n) is 34.0. The predicted molar refractivity (Wildman–Crippen MR) is 228 cm³/mol. The van der Waals surface area contributed by atoms with Crippen molar-refractivity contribution in [3.63, 3.8) is 0 Å². The highest BCUT2D eigenvalue weighted by Crippen LogP contribution is 2.42. The number of ether oxygens (including phenoxy) is 1. The zero-order valence-corrected chi connectivity index (χ0v) is 34.0. The number of esters is 1. The van der Waals surface area contributed by atoms with Crippen molar-refractivity contribution in [1.82, 2.24) is 0 Å². The van der Waals surface area contributed by atoms with Crippen LogP contribution in [0.1, 0.15) is 97.0 Å². The molecule has 4 aromatic carbocycles. The maximum Gasteiger partial charge on any atom is 0.314 e. The van der Waals surface area contributed by atoms with E-state index in [4.69, 9.17) is 4.74 Å². The third kappa shape index (κ3) is 11.8. The van der Waals surface area contributed by atoms with E-state index in [1.807, 2.05) is 61.5 Å². The number of anilines is 1. The first-order valence-corrected chi connectivity index (χ1v) is 21.0. The lowest BCUT2D eigenvalue weighted by molar-refractivity contribution is -0.140. The van der Waals surface area contributed by atoms with Crippen LogP contribution >= 0.6 is 0 Å². The molecule has 0 amide bonds.